The lowest BCUT2D eigenvalue weighted by Gasteiger charge is -2.27. The Balaban J connectivity index is 2.49. The van der Waals surface area contributed by atoms with Crippen LogP contribution in [0.25, 0.3) is 0 Å². The van der Waals surface area contributed by atoms with Gasteiger partial charge in [0.2, 0.25) is 0 Å². The highest BCUT2D eigenvalue weighted by Gasteiger charge is 2.24. The first kappa shape index (κ1) is 13.2. The van der Waals surface area contributed by atoms with Crippen LogP contribution in [-0.2, 0) is 0 Å². The number of hydrogen-bond donors (Lipinski definition) is 1. The minimum Gasteiger partial charge on any atom is -0.493 e. The number of ether oxygens (including phenoxy) is 2. The van der Waals surface area contributed by atoms with E-state index < -0.39 is 0 Å². The quantitative estimate of drug-likeness (QED) is 0.893. The van der Waals surface area contributed by atoms with Crippen molar-refractivity contribution in [3.8, 4) is 11.5 Å². The van der Waals surface area contributed by atoms with Gasteiger partial charge < -0.3 is 14.8 Å². The first-order valence-corrected chi connectivity index (χ1v) is 6.61. The molecule has 0 aromatic heterocycles. The number of nitrogens with one attached hydrogen (secondary N) is 1. The zero-order chi connectivity index (χ0) is 13.1. The Morgan fingerprint density at radius 2 is 1.61 bits per heavy atom. The number of hydrogen-bond acceptors (Lipinski definition) is 3. The molecule has 100 valence electrons. The van der Waals surface area contributed by atoms with Crippen molar-refractivity contribution in [2.75, 3.05) is 27.3 Å². The Kier molecular flexibility index (Phi) is 4.12. The zero-order valence-electron chi connectivity index (χ0n) is 11.8. The third-order valence-electron chi connectivity index (χ3n) is 3.82. The van der Waals surface area contributed by atoms with Crippen molar-refractivity contribution < 1.29 is 9.47 Å². The molecule has 0 bridgehead atoms. The normalized spacial score (nSPS) is 16.7. The van der Waals surface area contributed by atoms with Crippen molar-refractivity contribution in [2.24, 2.45) is 0 Å². The maximum atomic E-state index is 5.64. The Morgan fingerprint density at radius 3 is 2.17 bits per heavy atom. The van der Waals surface area contributed by atoms with E-state index in [1.807, 2.05) is 0 Å². The molecule has 18 heavy (non-hydrogen) atoms. The number of aryl methyl sites for hydroxylation is 2. The van der Waals surface area contributed by atoms with E-state index in [0.717, 1.165) is 30.2 Å². The number of methoxy groups -OCH3 is 2. The summed E-state index contributed by atoms with van der Waals surface area (Å²) in [5, 5.41) is 3.41. The van der Waals surface area contributed by atoms with Gasteiger partial charge in [-0.15, -0.1) is 0 Å². The van der Waals surface area contributed by atoms with Gasteiger partial charge in [-0.05, 0) is 56.8 Å². The summed E-state index contributed by atoms with van der Waals surface area (Å²) < 4.78 is 11.1. The molecule has 1 saturated heterocycles. The van der Waals surface area contributed by atoms with Crippen LogP contribution in [0, 0.1) is 13.8 Å². The van der Waals surface area contributed by atoms with Gasteiger partial charge in [-0.2, -0.15) is 0 Å². The highest BCUT2D eigenvalue weighted by atomic mass is 16.5. The first-order valence-electron chi connectivity index (χ1n) is 6.61. The molecule has 1 aliphatic heterocycles. The molecule has 0 radical (unpaired) electrons. The second-order valence-corrected chi connectivity index (χ2v) is 5.01. The van der Waals surface area contributed by atoms with Crippen LogP contribution in [0.3, 0.4) is 0 Å². The van der Waals surface area contributed by atoms with Crippen molar-refractivity contribution >= 4 is 0 Å². The lowest BCUT2D eigenvalue weighted by molar-refractivity contribution is 0.342. The van der Waals surface area contributed by atoms with Crippen LogP contribution in [0.5, 0.6) is 11.5 Å². The summed E-state index contributed by atoms with van der Waals surface area (Å²) in [5.41, 5.74) is 3.79. The van der Waals surface area contributed by atoms with E-state index in [1.54, 1.807) is 14.2 Å². The van der Waals surface area contributed by atoms with E-state index in [1.165, 1.54) is 24.0 Å². The zero-order valence-corrected chi connectivity index (χ0v) is 11.8. The van der Waals surface area contributed by atoms with Gasteiger partial charge in [0.15, 0.2) is 11.5 Å². The van der Waals surface area contributed by atoms with Gasteiger partial charge >= 0.3 is 0 Å². The smallest absolute Gasteiger partial charge is 0.164 e. The number of benzene rings is 1. The van der Waals surface area contributed by atoms with Crippen molar-refractivity contribution in [3.63, 3.8) is 0 Å². The predicted octanol–water partition coefficient (Wildman–Crippen LogP) is 2.79. The van der Waals surface area contributed by atoms with Crippen LogP contribution in [-0.4, -0.2) is 27.3 Å². The van der Waals surface area contributed by atoms with Gasteiger partial charge in [0, 0.05) is 5.56 Å². The maximum Gasteiger partial charge on any atom is 0.164 e. The molecular formula is C15H23NO2. The first-order chi connectivity index (χ1) is 8.69. The Morgan fingerprint density at radius 1 is 1.00 bits per heavy atom. The molecule has 2 rings (SSSR count). The standard InChI is InChI=1S/C15H23NO2/c1-10-9-11(2)14(17-3)15(18-4)13(10)12-5-7-16-8-6-12/h9,12,16H,5-8H2,1-4H3. The van der Waals surface area contributed by atoms with Gasteiger partial charge in [0.1, 0.15) is 0 Å². The molecule has 1 aromatic rings. The van der Waals surface area contributed by atoms with Gasteiger partial charge in [-0.3, -0.25) is 0 Å². The molecule has 0 spiro atoms. The highest BCUT2D eigenvalue weighted by molar-refractivity contribution is 5.56. The average molecular weight is 249 g/mol. The summed E-state index contributed by atoms with van der Waals surface area (Å²) in [6, 6.07) is 2.21. The minimum absolute atomic E-state index is 0.579. The van der Waals surface area contributed by atoms with Crippen molar-refractivity contribution in [1.82, 2.24) is 5.32 Å². The van der Waals surface area contributed by atoms with Crippen LogP contribution < -0.4 is 14.8 Å². The summed E-state index contributed by atoms with van der Waals surface area (Å²) >= 11 is 0. The second kappa shape index (κ2) is 5.61. The second-order valence-electron chi connectivity index (χ2n) is 5.01. The topological polar surface area (TPSA) is 30.5 Å². The maximum absolute atomic E-state index is 5.64. The summed E-state index contributed by atoms with van der Waals surface area (Å²) in [6.45, 7) is 6.42. The molecule has 1 heterocycles. The van der Waals surface area contributed by atoms with E-state index in [-0.39, 0.29) is 0 Å². The van der Waals surface area contributed by atoms with Crippen LogP contribution in [0.1, 0.15) is 35.4 Å². The van der Waals surface area contributed by atoms with Crippen LogP contribution in [0.15, 0.2) is 6.07 Å². The molecular weight excluding hydrogens is 226 g/mol. The molecule has 1 fully saturated rings. The van der Waals surface area contributed by atoms with Crippen LogP contribution >= 0.6 is 0 Å². The Hall–Kier alpha value is -1.22. The largest absolute Gasteiger partial charge is 0.493 e. The summed E-state index contributed by atoms with van der Waals surface area (Å²) in [6.07, 6.45) is 2.34. The van der Waals surface area contributed by atoms with E-state index in [2.05, 4.69) is 25.2 Å². The monoisotopic (exact) mass is 249 g/mol. The van der Waals surface area contributed by atoms with Crippen molar-refractivity contribution in [2.45, 2.75) is 32.6 Å². The number of piperidine rings is 1. The van der Waals surface area contributed by atoms with E-state index >= 15 is 0 Å². The Bertz CT molecular complexity index is 423. The Labute approximate surface area is 109 Å². The number of rotatable bonds is 3. The van der Waals surface area contributed by atoms with Gasteiger partial charge in [0.25, 0.3) is 0 Å². The lowest BCUT2D eigenvalue weighted by atomic mass is 9.85. The van der Waals surface area contributed by atoms with E-state index in [0.29, 0.717) is 5.92 Å². The molecule has 1 N–H and O–H groups in total. The fraction of sp³-hybridized carbons (Fsp3) is 0.600. The molecule has 1 aliphatic rings. The van der Waals surface area contributed by atoms with E-state index in [9.17, 15) is 0 Å². The third-order valence-corrected chi connectivity index (χ3v) is 3.82. The van der Waals surface area contributed by atoms with Crippen LogP contribution in [0.4, 0.5) is 0 Å². The molecule has 0 atom stereocenters. The fourth-order valence-electron chi connectivity index (χ4n) is 3.02. The van der Waals surface area contributed by atoms with E-state index in [4.69, 9.17) is 9.47 Å². The van der Waals surface area contributed by atoms with Crippen molar-refractivity contribution in [3.05, 3.63) is 22.8 Å². The summed E-state index contributed by atoms with van der Waals surface area (Å²) in [7, 11) is 3.45. The van der Waals surface area contributed by atoms with Gasteiger partial charge in [-0.25, -0.2) is 0 Å². The molecule has 1 aromatic carbocycles. The van der Waals surface area contributed by atoms with Gasteiger partial charge in [-0.1, -0.05) is 6.07 Å². The van der Waals surface area contributed by atoms with Gasteiger partial charge in [0.05, 0.1) is 14.2 Å². The average Bonchev–Trinajstić information content (AvgIpc) is 2.38. The predicted molar refractivity (Wildman–Crippen MR) is 73.9 cm³/mol. The minimum atomic E-state index is 0.579. The summed E-state index contributed by atoms with van der Waals surface area (Å²) in [4.78, 5) is 0. The summed E-state index contributed by atoms with van der Waals surface area (Å²) in [5.74, 6) is 2.40. The molecule has 3 heteroatoms. The van der Waals surface area contributed by atoms with Crippen molar-refractivity contribution in [1.29, 1.82) is 0 Å². The highest BCUT2D eigenvalue weighted by Crippen LogP contribution is 2.42. The van der Waals surface area contributed by atoms with Crippen LogP contribution in [0.2, 0.25) is 0 Å². The lowest BCUT2D eigenvalue weighted by Crippen LogP contribution is -2.27. The molecule has 3 nitrogen and oxygen atoms in total. The molecule has 0 unspecified atom stereocenters. The third kappa shape index (κ3) is 2.32. The molecule has 0 aliphatic carbocycles. The SMILES string of the molecule is COc1c(C)cc(C)c(C2CCNCC2)c1OC. The molecule has 0 amide bonds. The fourth-order valence-corrected chi connectivity index (χ4v) is 3.02. The molecule has 0 saturated carbocycles.